The van der Waals surface area contributed by atoms with E-state index in [0.717, 1.165) is 18.7 Å². The van der Waals surface area contributed by atoms with Crippen LogP contribution in [0.2, 0.25) is 0 Å². The molecule has 1 heterocycles. The molecule has 7 heteroatoms. The van der Waals surface area contributed by atoms with Gasteiger partial charge in [0.05, 0.1) is 22.8 Å². The van der Waals surface area contributed by atoms with E-state index >= 15 is 0 Å². The Hall–Kier alpha value is -1.18. The average molecular weight is 460 g/mol. The van der Waals surface area contributed by atoms with Crippen LogP contribution in [0.5, 0.6) is 0 Å². The first kappa shape index (κ1) is 18.2. The van der Waals surface area contributed by atoms with Crippen molar-refractivity contribution in [2.45, 2.75) is 25.9 Å². The summed E-state index contributed by atoms with van der Waals surface area (Å²) in [5, 5.41) is 5.72. The zero-order valence-corrected chi connectivity index (χ0v) is 16.4. The molecule has 1 aromatic carbocycles. The van der Waals surface area contributed by atoms with Crippen LogP contribution in [0.1, 0.15) is 29.8 Å². The molecular formula is C16H16Br2N2O2S. The Balaban J connectivity index is 1.97. The van der Waals surface area contributed by atoms with Gasteiger partial charge in [-0.15, -0.1) is 11.3 Å². The van der Waals surface area contributed by atoms with Crippen molar-refractivity contribution >= 4 is 55.0 Å². The van der Waals surface area contributed by atoms with Crippen LogP contribution in [0.3, 0.4) is 0 Å². The fourth-order valence-electron chi connectivity index (χ4n) is 2.08. The van der Waals surface area contributed by atoms with Gasteiger partial charge in [0.1, 0.15) is 0 Å². The van der Waals surface area contributed by atoms with E-state index in [1.165, 1.54) is 6.92 Å². The van der Waals surface area contributed by atoms with Crippen LogP contribution in [0.15, 0.2) is 44.7 Å². The van der Waals surface area contributed by atoms with E-state index in [1.807, 2.05) is 36.4 Å². The number of rotatable bonds is 6. The number of nitrogens with one attached hydrogen (secondary N) is 2. The molecule has 0 radical (unpaired) electrons. The number of halogens is 2. The molecule has 0 bridgehead atoms. The average Bonchev–Trinajstić information content (AvgIpc) is 2.90. The lowest BCUT2D eigenvalue weighted by molar-refractivity contribution is -0.122. The number of carbonyl (C=O) groups excluding carboxylic acids is 2. The van der Waals surface area contributed by atoms with Crippen LogP contribution in [0, 0.1) is 0 Å². The van der Waals surface area contributed by atoms with E-state index < -0.39 is 0 Å². The van der Waals surface area contributed by atoms with Crippen molar-refractivity contribution in [3.05, 3.63) is 55.1 Å². The largest absolute Gasteiger partial charge is 0.351 e. The Kier molecular flexibility index (Phi) is 6.80. The Morgan fingerprint density at radius 1 is 1.13 bits per heavy atom. The van der Waals surface area contributed by atoms with Crippen LogP contribution >= 0.6 is 43.2 Å². The van der Waals surface area contributed by atoms with Crippen LogP contribution < -0.4 is 10.6 Å². The zero-order chi connectivity index (χ0) is 16.8. The van der Waals surface area contributed by atoms with E-state index in [4.69, 9.17) is 0 Å². The summed E-state index contributed by atoms with van der Waals surface area (Å²) < 4.78 is 1.99. The quantitative estimate of drug-likeness (QED) is 0.681. The van der Waals surface area contributed by atoms with Crippen LogP contribution in [-0.4, -0.2) is 11.8 Å². The van der Waals surface area contributed by atoms with Gasteiger partial charge in [-0.05, 0) is 45.8 Å². The van der Waals surface area contributed by atoms with Gasteiger partial charge in [0.15, 0.2) is 0 Å². The second-order valence-electron chi connectivity index (χ2n) is 4.99. The third kappa shape index (κ3) is 6.08. The lowest BCUT2D eigenvalue weighted by Crippen LogP contribution is -2.32. The highest BCUT2D eigenvalue weighted by atomic mass is 79.9. The van der Waals surface area contributed by atoms with Crippen molar-refractivity contribution in [1.29, 1.82) is 0 Å². The molecular weight excluding hydrogens is 444 g/mol. The number of hydrogen-bond acceptors (Lipinski definition) is 3. The van der Waals surface area contributed by atoms with E-state index in [2.05, 4.69) is 42.5 Å². The Morgan fingerprint density at radius 2 is 1.83 bits per heavy atom. The molecule has 0 saturated carbocycles. The molecule has 1 aromatic heterocycles. The maximum Gasteiger partial charge on any atom is 0.222 e. The first-order valence-corrected chi connectivity index (χ1v) is 9.38. The summed E-state index contributed by atoms with van der Waals surface area (Å²) in [7, 11) is 0. The molecule has 23 heavy (non-hydrogen) atoms. The van der Waals surface area contributed by atoms with Crippen molar-refractivity contribution in [2.75, 3.05) is 0 Å². The SMILES string of the molecule is CC(=O)NC(CC(=O)NCc1ccc(Br)s1)c1ccc(Br)cc1. The molecule has 0 aliphatic rings. The molecule has 0 aliphatic heterocycles. The number of amides is 2. The number of benzene rings is 1. The molecule has 122 valence electrons. The summed E-state index contributed by atoms with van der Waals surface area (Å²) in [6.07, 6.45) is 0.202. The minimum atomic E-state index is -0.337. The summed E-state index contributed by atoms with van der Waals surface area (Å²) in [6, 6.07) is 11.2. The Labute approximate surface area is 155 Å². The zero-order valence-electron chi connectivity index (χ0n) is 12.4. The molecule has 1 atom stereocenters. The molecule has 0 fully saturated rings. The minimum Gasteiger partial charge on any atom is -0.351 e. The predicted molar refractivity (Wildman–Crippen MR) is 99.2 cm³/mol. The van der Waals surface area contributed by atoms with Gasteiger partial charge in [0.2, 0.25) is 11.8 Å². The summed E-state index contributed by atoms with van der Waals surface area (Å²) in [5.74, 6) is -0.260. The molecule has 1 unspecified atom stereocenters. The van der Waals surface area contributed by atoms with E-state index in [1.54, 1.807) is 11.3 Å². The predicted octanol–water partition coefficient (Wildman–Crippen LogP) is 4.16. The van der Waals surface area contributed by atoms with Crippen molar-refractivity contribution in [1.82, 2.24) is 10.6 Å². The maximum absolute atomic E-state index is 12.2. The van der Waals surface area contributed by atoms with E-state index in [-0.39, 0.29) is 24.3 Å². The number of hydrogen-bond donors (Lipinski definition) is 2. The van der Waals surface area contributed by atoms with Gasteiger partial charge in [0.25, 0.3) is 0 Å². The van der Waals surface area contributed by atoms with Crippen molar-refractivity contribution in [2.24, 2.45) is 0 Å². The molecule has 4 nitrogen and oxygen atoms in total. The van der Waals surface area contributed by atoms with Crippen molar-refractivity contribution < 1.29 is 9.59 Å². The number of carbonyl (C=O) groups is 2. The molecule has 0 aliphatic carbocycles. The van der Waals surface area contributed by atoms with Gasteiger partial charge in [-0.25, -0.2) is 0 Å². The first-order chi connectivity index (χ1) is 10.9. The van der Waals surface area contributed by atoms with Crippen LogP contribution in [-0.2, 0) is 16.1 Å². The molecule has 0 saturated heterocycles. The number of thiophene rings is 1. The van der Waals surface area contributed by atoms with Crippen LogP contribution in [0.4, 0.5) is 0 Å². The van der Waals surface area contributed by atoms with Gasteiger partial charge in [-0.3, -0.25) is 9.59 Å². The van der Waals surface area contributed by atoms with Gasteiger partial charge in [0, 0.05) is 16.3 Å². The fourth-order valence-corrected chi connectivity index (χ4v) is 3.77. The second kappa shape index (κ2) is 8.61. The minimum absolute atomic E-state index is 0.101. The second-order valence-corrected chi connectivity index (χ2v) is 8.45. The lowest BCUT2D eigenvalue weighted by atomic mass is 10.0. The van der Waals surface area contributed by atoms with Gasteiger partial charge >= 0.3 is 0 Å². The molecule has 0 spiro atoms. The van der Waals surface area contributed by atoms with E-state index in [0.29, 0.717) is 6.54 Å². The molecule has 2 amide bonds. The summed E-state index contributed by atoms with van der Waals surface area (Å²) in [6.45, 7) is 1.94. The standard InChI is InChI=1S/C16H16Br2N2O2S/c1-10(21)20-14(11-2-4-12(17)5-3-11)8-16(22)19-9-13-6-7-15(18)23-13/h2-7,14H,8-9H2,1H3,(H,19,22)(H,20,21). The Morgan fingerprint density at radius 3 is 2.39 bits per heavy atom. The van der Waals surface area contributed by atoms with Gasteiger partial charge < -0.3 is 10.6 Å². The summed E-state index contributed by atoms with van der Waals surface area (Å²) in [5.41, 5.74) is 0.900. The van der Waals surface area contributed by atoms with Gasteiger partial charge in [-0.1, -0.05) is 28.1 Å². The van der Waals surface area contributed by atoms with E-state index in [9.17, 15) is 9.59 Å². The monoisotopic (exact) mass is 458 g/mol. The fraction of sp³-hybridized carbons (Fsp3) is 0.250. The normalized spacial score (nSPS) is 11.8. The molecule has 2 rings (SSSR count). The first-order valence-electron chi connectivity index (χ1n) is 6.97. The summed E-state index contributed by atoms with van der Waals surface area (Å²) >= 11 is 8.36. The highest BCUT2D eigenvalue weighted by Gasteiger charge is 2.17. The Bertz CT molecular complexity index is 686. The maximum atomic E-state index is 12.2. The van der Waals surface area contributed by atoms with Crippen LogP contribution in [0.25, 0.3) is 0 Å². The smallest absolute Gasteiger partial charge is 0.222 e. The molecule has 2 aromatic rings. The third-order valence-corrected chi connectivity index (χ3v) is 5.28. The van der Waals surface area contributed by atoms with Crippen molar-refractivity contribution in [3.8, 4) is 0 Å². The highest BCUT2D eigenvalue weighted by molar-refractivity contribution is 9.11. The topological polar surface area (TPSA) is 58.2 Å². The van der Waals surface area contributed by atoms with Gasteiger partial charge in [-0.2, -0.15) is 0 Å². The molecule has 2 N–H and O–H groups in total. The third-order valence-electron chi connectivity index (χ3n) is 3.13. The van der Waals surface area contributed by atoms with Crippen molar-refractivity contribution in [3.63, 3.8) is 0 Å². The highest BCUT2D eigenvalue weighted by Crippen LogP contribution is 2.22. The lowest BCUT2D eigenvalue weighted by Gasteiger charge is -2.18. The summed E-state index contributed by atoms with van der Waals surface area (Å²) in [4.78, 5) is 24.7.